The van der Waals surface area contributed by atoms with Gasteiger partial charge in [0.05, 0.1) is 7.11 Å². The van der Waals surface area contributed by atoms with Crippen molar-refractivity contribution < 1.29 is 9.53 Å². The minimum atomic E-state index is -0.302. The molecule has 0 aromatic heterocycles. The van der Waals surface area contributed by atoms with Crippen molar-refractivity contribution in [3.8, 4) is 0 Å². The molecule has 1 aromatic carbocycles. The first-order chi connectivity index (χ1) is 11.8. The summed E-state index contributed by atoms with van der Waals surface area (Å²) >= 11 is 0. The Hall–Kier alpha value is -1.57. The van der Waals surface area contributed by atoms with Gasteiger partial charge in [0.15, 0.2) is 0 Å². The molecule has 24 heavy (non-hydrogen) atoms. The van der Waals surface area contributed by atoms with Crippen LogP contribution in [0.25, 0.3) is 6.08 Å². The largest absolute Gasteiger partial charge is 0.466 e. The van der Waals surface area contributed by atoms with Crippen molar-refractivity contribution in [3.05, 3.63) is 41.5 Å². The van der Waals surface area contributed by atoms with Gasteiger partial charge in [-0.15, -0.1) is 0 Å². The van der Waals surface area contributed by atoms with E-state index in [2.05, 4.69) is 29.9 Å². The Balaban J connectivity index is 2.19. The van der Waals surface area contributed by atoms with Gasteiger partial charge in [0.1, 0.15) is 0 Å². The molecule has 0 aliphatic heterocycles. The highest BCUT2D eigenvalue weighted by molar-refractivity contribution is 5.87. The van der Waals surface area contributed by atoms with E-state index in [1.807, 2.05) is 12.1 Å². The van der Waals surface area contributed by atoms with Crippen LogP contribution >= 0.6 is 0 Å². The molecular formula is C22H34O2. The van der Waals surface area contributed by atoms with E-state index in [4.69, 9.17) is 0 Å². The van der Waals surface area contributed by atoms with E-state index in [-0.39, 0.29) is 5.97 Å². The number of ether oxygens (including phenoxy) is 1. The molecule has 0 aliphatic carbocycles. The third kappa shape index (κ3) is 9.54. The Labute approximate surface area is 148 Å². The molecule has 1 aromatic rings. The molecule has 0 unspecified atom stereocenters. The summed E-state index contributed by atoms with van der Waals surface area (Å²) in [5.74, 6) is -0.302. The van der Waals surface area contributed by atoms with E-state index in [9.17, 15) is 4.79 Å². The average molecular weight is 331 g/mol. The minimum Gasteiger partial charge on any atom is -0.466 e. The molecule has 2 nitrogen and oxygen atoms in total. The van der Waals surface area contributed by atoms with Crippen molar-refractivity contribution in [1.29, 1.82) is 0 Å². The Morgan fingerprint density at radius 3 is 2.12 bits per heavy atom. The van der Waals surface area contributed by atoms with Gasteiger partial charge in [0.25, 0.3) is 0 Å². The van der Waals surface area contributed by atoms with Gasteiger partial charge in [-0.3, -0.25) is 0 Å². The lowest BCUT2D eigenvalue weighted by Gasteiger charge is -2.06. The van der Waals surface area contributed by atoms with Crippen molar-refractivity contribution in [2.45, 2.75) is 77.6 Å². The topological polar surface area (TPSA) is 26.3 Å². The number of unbranched alkanes of at least 4 members (excludes halogenated alkanes) is 9. The number of rotatable bonds is 13. The number of hydrogen-bond donors (Lipinski definition) is 0. The third-order valence-corrected chi connectivity index (χ3v) is 4.45. The van der Waals surface area contributed by atoms with E-state index in [1.54, 1.807) is 0 Å². The SMILES string of the molecule is CCCCCCCCCCCCc1ccccc1/C=C/C(=O)OC. The van der Waals surface area contributed by atoms with Crippen molar-refractivity contribution in [3.63, 3.8) is 0 Å². The first kappa shape index (κ1) is 20.5. The van der Waals surface area contributed by atoms with Gasteiger partial charge in [-0.05, 0) is 30.0 Å². The van der Waals surface area contributed by atoms with Crippen LogP contribution in [0.2, 0.25) is 0 Å². The predicted molar refractivity (Wildman–Crippen MR) is 103 cm³/mol. The Bertz CT molecular complexity index is 477. The monoisotopic (exact) mass is 330 g/mol. The maximum atomic E-state index is 11.2. The molecule has 0 radical (unpaired) electrons. The molecule has 0 bridgehead atoms. The van der Waals surface area contributed by atoms with Crippen LogP contribution in [-0.2, 0) is 16.0 Å². The van der Waals surface area contributed by atoms with Gasteiger partial charge in [0, 0.05) is 6.08 Å². The zero-order chi connectivity index (χ0) is 17.5. The van der Waals surface area contributed by atoms with E-state index in [0.717, 1.165) is 12.0 Å². The highest BCUT2D eigenvalue weighted by Crippen LogP contribution is 2.16. The first-order valence-electron chi connectivity index (χ1n) is 9.62. The van der Waals surface area contributed by atoms with E-state index < -0.39 is 0 Å². The van der Waals surface area contributed by atoms with Gasteiger partial charge >= 0.3 is 5.97 Å². The first-order valence-corrected chi connectivity index (χ1v) is 9.62. The lowest BCUT2D eigenvalue weighted by molar-refractivity contribution is -0.134. The van der Waals surface area contributed by atoms with Crippen LogP contribution in [0.5, 0.6) is 0 Å². The molecule has 134 valence electrons. The van der Waals surface area contributed by atoms with Crippen LogP contribution in [0, 0.1) is 0 Å². The Kier molecular flexibility index (Phi) is 11.8. The Morgan fingerprint density at radius 1 is 0.917 bits per heavy atom. The highest BCUT2D eigenvalue weighted by Gasteiger charge is 2.00. The van der Waals surface area contributed by atoms with Crippen molar-refractivity contribution in [2.75, 3.05) is 7.11 Å². The van der Waals surface area contributed by atoms with E-state index in [1.165, 1.54) is 83.0 Å². The van der Waals surface area contributed by atoms with Crippen LogP contribution in [0.3, 0.4) is 0 Å². The summed E-state index contributed by atoms with van der Waals surface area (Å²) in [7, 11) is 1.41. The molecule has 0 spiro atoms. The quantitative estimate of drug-likeness (QED) is 0.240. The molecule has 0 N–H and O–H groups in total. The summed E-state index contributed by atoms with van der Waals surface area (Å²) in [5.41, 5.74) is 2.44. The number of aryl methyl sites for hydroxylation is 1. The molecule has 0 atom stereocenters. The third-order valence-electron chi connectivity index (χ3n) is 4.45. The van der Waals surface area contributed by atoms with Crippen LogP contribution in [0.1, 0.15) is 82.3 Å². The number of esters is 1. The zero-order valence-electron chi connectivity index (χ0n) is 15.6. The fraction of sp³-hybridized carbons (Fsp3) is 0.591. The molecular weight excluding hydrogens is 296 g/mol. The lowest BCUT2D eigenvalue weighted by atomic mass is 10.00. The molecule has 0 aliphatic rings. The summed E-state index contributed by atoms with van der Waals surface area (Å²) in [4.78, 5) is 11.2. The lowest BCUT2D eigenvalue weighted by Crippen LogP contribution is -1.95. The van der Waals surface area contributed by atoms with Gasteiger partial charge in [-0.2, -0.15) is 0 Å². The summed E-state index contributed by atoms with van der Waals surface area (Å²) in [5, 5.41) is 0. The molecule has 0 saturated heterocycles. The second kappa shape index (κ2) is 13.8. The second-order valence-corrected chi connectivity index (χ2v) is 6.49. The van der Waals surface area contributed by atoms with E-state index in [0.29, 0.717) is 0 Å². The maximum Gasteiger partial charge on any atom is 0.330 e. The second-order valence-electron chi connectivity index (χ2n) is 6.49. The minimum absolute atomic E-state index is 0.302. The van der Waals surface area contributed by atoms with Gasteiger partial charge in [-0.25, -0.2) is 4.79 Å². The highest BCUT2D eigenvalue weighted by atomic mass is 16.5. The number of carbonyl (C=O) groups is 1. The smallest absolute Gasteiger partial charge is 0.330 e. The van der Waals surface area contributed by atoms with Gasteiger partial charge in [0.2, 0.25) is 0 Å². The van der Waals surface area contributed by atoms with Crippen molar-refractivity contribution in [2.24, 2.45) is 0 Å². The molecule has 0 heterocycles. The van der Waals surface area contributed by atoms with Crippen molar-refractivity contribution >= 4 is 12.0 Å². The fourth-order valence-corrected chi connectivity index (χ4v) is 2.95. The summed E-state index contributed by atoms with van der Waals surface area (Å²) in [6, 6.07) is 8.30. The normalized spacial score (nSPS) is 11.1. The summed E-state index contributed by atoms with van der Waals surface area (Å²) < 4.78 is 4.65. The number of carbonyl (C=O) groups excluding carboxylic acids is 1. The number of methoxy groups -OCH3 is 1. The van der Waals surface area contributed by atoms with Gasteiger partial charge in [-0.1, -0.05) is 89.0 Å². The molecule has 1 rings (SSSR count). The Morgan fingerprint density at radius 2 is 1.50 bits per heavy atom. The maximum absolute atomic E-state index is 11.2. The number of hydrogen-bond acceptors (Lipinski definition) is 2. The fourth-order valence-electron chi connectivity index (χ4n) is 2.95. The number of benzene rings is 1. The van der Waals surface area contributed by atoms with Gasteiger partial charge < -0.3 is 4.74 Å². The molecule has 0 fully saturated rings. The average Bonchev–Trinajstić information content (AvgIpc) is 2.62. The predicted octanol–water partition coefficient (Wildman–Crippen LogP) is 6.34. The van der Waals surface area contributed by atoms with Crippen LogP contribution in [0.15, 0.2) is 30.3 Å². The molecule has 0 saturated carbocycles. The standard InChI is InChI=1S/C22H34O2/c1-3-4-5-6-7-8-9-10-11-12-15-20-16-13-14-17-21(20)18-19-22(23)24-2/h13-14,16-19H,3-12,15H2,1-2H3/b19-18+. The van der Waals surface area contributed by atoms with Crippen LogP contribution in [0.4, 0.5) is 0 Å². The summed E-state index contributed by atoms with van der Waals surface area (Å²) in [6.07, 6.45) is 18.0. The van der Waals surface area contributed by atoms with Crippen LogP contribution in [-0.4, -0.2) is 13.1 Å². The van der Waals surface area contributed by atoms with Crippen LogP contribution < -0.4 is 0 Å². The summed E-state index contributed by atoms with van der Waals surface area (Å²) in [6.45, 7) is 2.27. The van der Waals surface area contributed by atoms with E-state index >= 15 is 0 Å². The molecule has 0 amide bonds. The zero-order valence-corrected chi connectivity index (χ0v) is 15.6. The van der Waals surface area contributed by atoms with Crippen molar-refractivity contribution in [1.82, 2.24) is 0 Å². The molecule has 2 heteroatoms.